The van der Waals surface area contributed by atoms with Gasteiger partial charge in [-0.15, -0.1) is 0 Å². The van der Waals surface area contributed by atoms with Crippen LogP contribution >= 0.6 is 0 Å². The Bertz CT molecular complexity index is 492. The van der Waals surface area contributed by atoms with Gasteiger partial charge in [0, 0.05) is 13.1 Å². The molecule has 4 N–H and O–H groups in total. The summed E-state index contributed by atoms with van der Waals surface area (Å²) in [5.41, 5.74) is 5.69. The highest BCUT2D eigenvalue weighted by Gasteiger charge is 2.10. The topological polar surface area (TPSA) is 108 Å². The Morgan fingerprint density at radius 2 is 2.06 bits per heavy atom. The first-order chi connectivity index (χ1) is 7.59. The van der Waals surface area contributed by atoms with Crippen molar-refractivity contribution < 1.29 is 8.42 Å². The fourth-order valence-corrected chi connectivity index (χ4v) is 1.97. The minimum atomic E-state index is -3.66. The van der Waals surface area contributed by atoms with Crippen LogP contribution in [0, 0.1) is 11.3 Å². The van der Waals surface area contributed by atoms with E-state index in [1.54, 1.807) is 12.1 Å². The minimum absolute atomic E-state index is 0.143. The van der Waals surface area contributed by atoms with E-state index in [-0.39, 0.29) is 24.3 Å². The van der Waals surface area contributed by atoms with Gasteiger partial charge in [-0.3, -0.25) is 4.72 Å². The maximum atomic E-state index is 11.4. The molecule has 0 saturated carbocycles. The lowest BCUT2D eigenvalue weighted by Gasteiger charge is -2.09. The van der Waals surface area contributed by atoms with Gasteiger partial charge in [0.1, 0.15) is 6.07 Å². The molecule has 0 amide bonds. The zero-order valence-corrected chi connectivity index (χ0v) is 9.29. The molecule has 0 bridgehead atoms. The molecule has 1 rings (SSSR count). The van der Waals surface area contributed by atoms with E-state index in [2.05, 4.69) is 9.44 Å². The number of hydrogen-bond acceptors (Lipinski definition) is 4. The van der Waals surface area contributed by atoms with Gasteiger partial charge in [0.05, 0.1) is 11.3 Å². The molecule has 0 spiro atoms. The maximum absolute atomic E-state index is 11.4. The molecule has 0 aliphatic carbocycles. The Morgan fingerprint density at radius 3 is 2.69 bits per heavy atom. The second-order valence-corrected chi connectivity index (χ2v) is 4.45. The molecule has 86 valence electrons. The molecule has 7 heteroatoms. The Hall–Kier alpha value is -1.62. The van der Waals surface area contributed by atoms with Gasteiger partial charge in [0.15, 0.2) is 0 Å². The highest BCUT2D eigenvalue weighted by atomic mass is 32.2. The number of nitriles is 1. The molecule has 0 radical (unpaired) electrons. The standard InChI is InChI=1S/C9H12N4O2S/c10-5-6-12-16(14,15)13-9-4-2-1-3-8(9)7-11/h1-4,12-13H,5-6,10H2. The first kappa shape index (κ1) is 12.4. The highest BCUT2D eigenvalue weighted by Crippen LogP contribution is 2.14. The molecule has 0 aliphatic rings. The van der Waals surface area contributed by atoms with Crippen LogP contribution in [0.25, 0.3) is 0 Å². The van der Waals surface area contributed by atoms with Crippen molar-refractivity contribution in [3.63, 3.8) is 0 Å². The van der Waals surface area contributed by atoms with Crippen molar-refractivity contribution >= 4 is 15.9 Å². The summed E-state index contributed by atoms with van der Waals surface area (Å²) in [6.45, 7) is 0.352. The Kier molecular flexibility index (Phi) is 4.25. The molecule has 0 atom stereocenters. The van der Waals surface area contributed by atoms with Crippen molar-refractivity contribution in [3.05, 3.63) is 29.8 Å². The molecule has 0 aromatic heterocycles. The molecule has 16 heavy (non-hydrogen) atoms. The summed E-state index contributed by atoms with van der Waals surface area (Å²) in [6, 6.07) is 8.23. The van der Waals surface area contributed by atoms with Crippen LogP contribution in [0.5, 0.6) is 0 Å². The molecule has 0 saturated heterocycles. The van der Waals surface area contributed by atoms with Crippen molar-refractivity contribution in [2.24, 2.45) is 5.73 Å². The smallest absolute Gasteiger partial charge is 0.299 e. The third-order valence-electron chi connectivity index (χ3n) is 1.73. The molecule has 0 unspecified atom stereocenters. The summed E-state index contributed by atoms with van der Waals surface area (Å²) >= 11 is 0. The van der Waals surface area contributed by atoms with E-state index in [9.17, 15) is 8.42 Å². The van der Waals surface area contributed by atoms with Crippen molar-refractivity contribution in [1.29, 1.82) is 5.26 Å². The first-order valence-corrected chi connectivity index (χ1v) is 6.04. The zero-order valence-electron chi connectivity index (χ0n) is 8.47. The van der Waals surface area contributed by atoms with Crippen molar-refractivity contribution in [2.75, 3.05) is 17.8 Å². The molecular formula is C9H12N4O2S. The zero-order chi connectivity index (χ0) is 12.0. The van der Waals surface area contributed by atoms with Crippen molar-refractivity contribution in [3.8, 4) is 6.07 Å². The van der Waals surface area contributed by atoms with Gasteiger partial charge < -0.3 is 5.73 Å². The lowest BCUT2D eigenvalue weighted by atomic mass is 10.2. The van der Waals surface area contributed by atoms with Crippen LogP contribution in [-0.2, 0) is 10.2 Å². The second kappa shape index (κ2) is 5.46. The summed E-state index contributed by atoms with van der Waals surface area (Å²) in [7, 11) is -3.66. The van der Waals surface area contributed by atoms with Gasteiger partial charge in [-0.05, 0) is 12.1 Å². The molecule has 1 aromatic carbocycles. The average Bonchev–Trinajstić information content (AvgIpc) is 2.27. The van der Waals surface area contributed by atoms with Crippen molar-refractivity contribution in [2.45, 2.75) is 0 Å². The number of hydrogen-bond donors (Lipinski definition) is 3. The van der Waals surface area contributed by atoms with Crippen molar-refractivity contribution in [1.82, 2.24) is 4.72 Å². The number of nitrogens with two attached hydrogens (primary N) is 1. The van der Waals surface area contributed by atoms with Crippen LogP contribution in [-0.4, -0.2) is 21.5 Å². The van der Waals surface area contributed by atoms with Crippen LogP contribution < -0.4 is 15.2 Å². The van der Waals surface area contributed by atoms with Crippen LogP contribution in [0.2, 0.25) is 0 Å². The van der Waals surface area contributed by atoms with E-state index in [0.717, 1.165) is 0 Å². The lowest BCUT2D eigenvalue weighted by molar-refractivity contribution is 0.587. The third kappa shape index (κ3) is 3.51. The lowest BCUT2D eigenvalue weighted by Crippen LogP contribution is -2.34. The van der Waals surface area contributed by atoms with Gasteiger partial charge >= 0.3 is 0 Å². The molecular weight excluding hydrogens is 228 g/mol. The predicted molar refractivity (Wildman–Crippen MR) is 60.8 cm³/mol. The summed E-state index contributed by atoms with van der Waals surface area (Å²) in [4.78, 5) is 0. The van der Waals surface area contributed by atoms with Gasteiger partial charge in [-0.1, -0.05) is 12.1 Å². The molecule has 0 fully saturated rings. The van der Waals surface area contributed by atoms with Gasteiger partial charge in [-0.25, -0.2) is 0 Å². The maximum Gasteiger partial charge on any atom is 0.299 e. The van der Waals surface area contributed by atoms with E-state index in [1.165, 1.54) is 12.1 Å². The van der Waals surface area contributed by atoms with Gasteiger partial charge in [0.25, 0.3) is 10.2 Å². The summed E-state index contributed by atoms with van der Waals surface area (Å²) in [5.74, 6) is 0. The van der Waals surface area contributed by atoms with Crippen LogP contribution in [0.15, 0.2) is 24.3 Å². The fourth-order valence-electron chi connectivity index (χ4n) is 1.04. The van der Waals surface area contributed by atoms with Gasteiger partial charge in [0.2, 0.25) is 0 Å². The Labute approximate surface area is 94.3 Å². The average molecular weight is 240 g/mol. The normalized spacial score (nSPS) is 10.8. The second-order valence-electron chi connectivity index (χ2n) is 2.95. The van der Waals surface area contributed by atoms with Gasteiger partial charge in [-0.2, -0.15) is 18.4 Å². The third-order valence-corrected chi connectivity index (χ3v) is 2.80. The van der Waals surface area contributed by atoms with E-state index in [4.69, 9.17) is 11.0 Å². The van der Waals surface area contributed by atoms with Crippen LogP contribution in [0.3, 0.4) is 0 Å². The monoisotopic (exact) mass is 240 g/mol. The Balaban J connectivity index is 2.85. The van der Waals surface area contributed by atoms with E-state index >= 15 is 0 Å². The fraction of sp³-hybridized carbons (Fsp3) is 0.222. The number of nitrogens with one attached hydrogen (secondary N) is 2. The predicted octanol–water partition coefficient (Wildman–Crippen LogP) is -0.237. The number of benzene rings is 1. The number of rotatable bonds is 5. The number of nitrogens with zero attached hydrogens (tertiary/aromatic N) is 1. The number of para-hydroxylation sites is 1. The largest absolute Gasteiger partial charge is 0.329 e. The quantitative estimate of drug-likeness (QED) is 0.660. The molecule has 6 nitrogen and oxygen atoms in total. The summed E-state index contributed by atoms with van der Waals surface area (Å²) in [5, 5.41) is 8.77. The van der Waals surface area contributed by atoms with E-state index < -0.39 is 10.2 Å². The SMILES string of the molecule is N#Cc1ccccc1NS(=O)(=O)NCCN. The van der Waals surface area contributed by atoms with E-state index in [0.29, 0.717) is 0 Å². The number of anilines is 1. The molecule has 0 aliphatic heterocycles. The van der Waals surface area contributed by atoms with E-state index in [1.807, 2.05) is 6.07 Å². The summed E-state index contributed by atoms with van der Waals surface area (Å²) < 4.78 is 27.4. The minimum Gasteiger partial charge on any atom is -0.329 e. The molecule has 0 heterocycles. The first-order valence-electron chi connectivity index (χ1n) is 4.55. The molecule has 1 aromatic rings. The van der Waals surface area contributed by atoms with Crippen LogP contribution in [0.4, 0.5) is 5.69 Å². The highest BCUT2D eigenvalue weighted by molar-refractivity contribution is 7.90. The van der Waals surface area contributed by atoms with Crippen LogP contribution in [0.1, 0.15) is 5.56 Å². The Morgan fingerprint density at radius 1 is 1.38 bits per heavy atom. The summed E-state index contributed by atoms with van der Waals surface area (Å²) in [6.07, 6.45) is 0.